The van der Waals surface area contributed by atoms with E-state index in [4.69, 9.17) is 0 Å². The molecule has 0 aliphatic carbocycles. The maximum atomic E-state index is 13.8. The third-order valence-corrected chi connectivity index (χ3v) is 5.20. The molecule has 2 aromatic carbocycles. The van der Waals surface area contributed by atoms with Crippen molar-refractivity contribution >= 4 is 23.4 Å². The van der Waals surface area contributed by atoms with Crippen molar-refractivity contribution in [1.29, 1.82) is 0 Å². The lowest BCUT2D eigenvalue weighted by Crippen LogP contribution is -2.49. The predicted octanol–water partition coefficient (Wildman–Crippen LogP) is 3.55. The normalized spacial score (nSPS) is 14.6. The van der Waals surface area contributed by atoms with E-state index in [0.717, 1.165) is 5.56 Å². The number of nitrogens with zero attached hydrogens (tertiary/aromatic N) is 2. The summed E-state index contributed by atoms with van der Waals surface area (Å²) in [7, 11) is 0. The number of rotatable bonds is 5. The van der Waals surface area contributed by atoms with E-state index in [1.54, 1.807) is 18.2 Å². The molecule has 132 valence electrons. The van der Waals surface area contributed by atoms with E-state index in [2.05, 4.69) is 0 Å². The van der Waals surface area contributed by atoms with E-state index in [9.17, 15) is 13.6 Å². The van der Waals surface area contributed by atoms with Crippen LogP contribution in [0.5, 0.6) is 0 Å². The van der Waals surface area contributed by atoms with Crippen molar-refractivity contribution in [2.75, 3.05) is 36.8 Å². The molecule has 1 aliphatic heterocycles. The number of halogens is 2. The van der Waals surface area contributed by atoms with Crippen LogP contribution in [-0.4, -0.2) is 42.7 Å². The third-order valence-electron chi connectivity index (χ3n) is 4.21. The van der Waals surface area contributed by atoms with Crippen LogP contribution in [0.15, 0.2) is 48.5 Å². The zero-order chi connectivity index (χ0) is 17.6. The van der Waals surface area contributed by atoms with Crippen molar-refractivity contribution in [3.63, 3.8) is 0 Å². The third kappa shape index (κ3) is 4.72. The minimum absolute atomic E-state index is 0.0783. The highest BCUT2D eigenvalue weighted by molar-refractivity contribution is 7.99. The van der Waals surface area contributed by atoms with Crippen LogP contribution in [0.2, 0.25) is 0 Å². The van der Waals surface area contributed by atoms with Gasteiger partial charge in [-0.2, -0.15) is 0 Å². The number of para-hydroxylation sites is 1. The van der Waals surface area contributed by atoms with Crippen molar-refractivity contribution in [2.45, 2.75) is 5.75 Å². The number of thioether (sulfide) groups is 1. The number of benzene rings is 2. The first kappa shape index (κ1) is 17.7. The molecule has 1 fully saturated rings. The topological polar surface area (TPSA) is 23.6 Å². The van der Waals surface area contributed by atoms with Gasteiger partial charge in [0.05, 0.1) is 11.4 Å². The van der Waals surface area contributed by atoms with Crippen molar-refractivity contribution in [3.05, 3.63) is 65.7 Å². The lowest BCUT2D eigenvalue weighted by Gasteiger charge is -2.36. The predicted molar refractivity (Wildman–Crippen MR) is 97.8 cm³/mol. The van der Waals surface area contributed by atoms with Gasteiger partial charge in [-0.3, -0.25) is 4.79 Å². The van der Waals surface area contributed by atoms with Crippen LogP contribution in [0, 0.1) is 11.6 Å². The molecule has 6 heteroatoms. The lowest BCUT2D eigenvalue weighted by atomic mass is 10.2. The molecule has 0 spiro atoms. The SMILES string of the molecule is O=C(CSCc1cccc(F)c1)N1CCN(c2ccccc2F)CC1. The molecular formula is C19H20F2N2OS. The fraction of sp³-hybridized carbons (Fsp3) is 0.316. The molecule has 3 rings (SSSR count). The maximum absolute atomic E-state index is 13.8. The second-order valence-electron chi connectivity index (χ2n) is 5.94. The molecule has 0 N–H and O–H groups in total. The van der Waals surface area contributed by atoms with Crippen LogP contribution in [0.1, 0.15) is 5.56 Å². The largest absolute Gasteiger partial charge is 0.366 e. The molecule has 0 unspecified atom stereocenters. The minimum Gasteiger partial charge on any atom is -0.366 e. The van der Waals surface area contributed by atoms with Crippen molar-refractivity contribution < 1.29 is 13.6 Å². The van der Waals surface area contributed by atoms with Crippen molar-refractivity contribution in [3.8, 4) is 0 Å². The Hall–Kier alpha value is -2.08. The van der Waals surface area contributed by atoms with Crippen LogP contribution in [-0.2, 0) is 10.5 Å². The van der Waals surface area contributed by atoms with Gasteiger partial charge in [0.2, 0.25) is 5.91 Å². The number of amides is 1. The van der Waals surface area contributed by atoms with E-state index < -0.39 is 0 Å². The van der Waals surface area contributed by atoms with E-state index in [0.29, 0.717) is 43.4 Å². The summed E-state index contributed by atoms with van der Waals surface area (Å²) in [4.78, 5) is 16.1. The number of hydrogen-bond acceptors (Lipinski definition) is 3. The molecule has 0 atom stereocenters. The molecule has 0 radical (unpaired) electrons. The Balaban J connectivity index is 1.45. The van der Waals surface area contributed by atoms with E-state index >= 15 is 0 Å². The Morgan fingerprint density at radius 3 is 2.48 bits per heavy atom. The molecule has 1 aliphatic rings. The monoisotopic (exact) mass is 362 g/mol. The molecule has 25 heavy (non-hydrogen) atoms. The Bertz CT molecular complexity index is 733. The van der Waals surface area contributed by atoms with Crippen LogP contribution in [0.3, 0.4) is 0 Å². The lowest BCUT2D eigenvalue weighted by molar-refractivity contribution is -0.128. The first-order valence-corrected chi connectivity index (χ1v) is 9.38. The van der Waals surface area contributed by atoms with Gasteiger partial charge < -0.3 is 9.80 Å². The average Bonchev–Trinajstić information content (AvgIpc) is 2.62. The number of hydrogen-bond donors (Lipinski definition) is 0. The number of carbonyl (C=O) groups is 1. The first-order chi connectivity index (χ1) is 12.1. The van der Waals surface area contributed by atoms with Crippen LogP contribution >= 0.6 is 11.8 Å². The number of anilines is 1. The number of piperazine rings is 1. The Labute approximate surface area is 150 Å². The van der Waals surface area contributed by atoms with Gasteiger partial charge in [0.15, 0.2) is 0 Å². The summed E-state index contributed by atoms with van der Waals surface area (Å²) in [5, 5.41) is 0. The summed E-state index contributed by atoms with van der Waals surface area (Å²) in [6, 6.07) is 13.1. The van der Waals surface area contributed by atoms with Gasteiger partial charge in [0.1, 0.15) is 11.6 Å². The summed E-state index contributed by atoms with van der Waals surface area (Å²) >= 11 is 1.48. The summed E-state index contributed by atoms with van der Waals surface area (Å²) in [6.07, 6.45) is 0. The average molecular weight is 362 g/mol. The fourth-order valence-electron chi connectivity index (χ4n) is 2.88. The van der Waals surface area contributed by atoms with Crippen LogP contribution in [0.4, 0.5) is 14.5 Å². The smallest absolute Gasteiger partial charge is 0.232 e. The van der Waals surface area contributed by atoms with Crippen molar-refractivity contribution in [2.24, 2.45) is 0 Å². The molecule has 1 saturated heterocycles. The standard InChI is InChI=1S/C19H20F2N2OS/c20-16-5-3-4-15(12-16)13-25-14-19(24)23-10-8-22(9-11-23)18-7-2-1-6-17(18)21/h1-7,12H,8-11,13-14H2. The van der Waals surface area contributed by atoms with Gasteiger partial charge in [-0.05, 0) is 29.8 Å². The molecule has 0 bridgehead atoms. The highest BCUT2D eigenvalue weighted by Gasteiger charge is 2.22. The zero-order valence-electron chi connectivity index (χ0n) is 13.8. The van der Waals surface area contributed by atoms with Gasteiger partial charge in [-0.15, -0.1) is 11.8 Å². The van der Waals surface area contributed by atoms with Gasteiger partial charge in [-0.1, -0.05) is 24.3 Å². The second kappa shape index (κ2) is 8.34. The van der Waals surface area contributed by atoms with E-state index in [1.165, 1.54) is 30.0 Å². The molecule has 0 saturated carbocycles. The summed E-state index contributed by atoms with van der Waals surface area (Å²) in [5.74, 6) is 0.575. The van der Waals surface area contributed by atoms with Gasteiger partial charge in [0, 0.05) is 31.9 Å². The Kier molecular flexibility index (Phi) is 5.91. The van der Waals surface area contributed by atoms with Gasteiger partial charge in [-0.25, -0.2) is 8.78 Å². The van der Waals surface area contributed by atoms with Crippen molar-refractivity contribution in [1.82, 2.24) is 4.90 Å². The van der Waals surface area contributed by atoms with E-state index in [-0.39, 0.29) is 17.5 Å². The molecule has 1 amide bonds. The first-order valence-electron chi connectivity index (χ1n) is 8.23. The highest BCUT2D eigenvalue weighted by Crippen LogP contribution is 2.21. The fourth-order valence-corrected chi connectivity index (χ4v) is 3.75. The maximum Gasteiger partial charge on any atom is 0.232 e. The van der Waals surface area contributed by atoms with E-state index in [1.807, 2.05) is 21.9 Å². The Morgan fingerprint density at radius 1 is 1.00 bits per heavy atom. The second-order valence-corrected chi connectivity index (χ2v) is 6.93. The molecule has 0 aromatic heterocycles. The molecule has 2 aromatic rings. The summed E-state index contributed by atoms with van der Waals surface area (Å²) in [5.41, 5.74) is 1.47. The number of carbonyl (C=O) groups excluding carboxylic acids is 1. The quantitative estimate of drug-likeness (QED) is 0.813. The van der Waals surface area contributed by atoms with Gasteiger partial charge in [0.25, 0.3) is 0 Å². The summed E-state index contributed by atoms with van der Waals surface area (Å²) in [6.45, 7) is 2.43. The van der Waals surface area contributed by atoms with Crippen LogP contribution in [0.25, 0.3) is 0 Å². The molecule has 3 nitrogen and oxygen atoms in total. The summed E-state index contributed by atoms with van der Waals surface area (Å²) < 4.78 is 27.0. The Morgan fingerprint density at radius 2 is 1.76 bits per heavy atom. The highest BCUT2D eigenvalue weighted by atomic mass is 32.2. The zero-order valence-corrected chi connectivity index (χ0v) is 14.6. The molecular weight excluding hydrogens is 342 g/mol. The van der Waals surface area contributed by atoms with Gasteiger partial charge >= 0.3 is 0 Å². The van der Waals surface area contributed by atoms with Crippen LogP contribution < -0.4 is 4.90 Å². The molecule has 1 heterocycles. The minimum atomic E-state index is -0.256.